The van der Waals surface area contributed by atoms with Gasteiger partial charge in [-0.05, 0) is 104 Å². The van der Waals surface area contributed by atoms with E-state index in [1.54, 1.807) is 0 Å². The summed E-state index contributed by atoms with van der Waals surface area (Å²) >= 11 is 0. The van der Waals surface area contributed by atoms with Crippen LogP contribution in [0.3, 0.4) is 0 Å². The minimum absolute atomic E-state index is 0.0431. The van der Waals surface area contributed by atoms with Crippen molar-refractivity contribution in [2.45, 2.75) is 181 Å². The highest BCUT2D eigenvalue weighted by Gasteiger charge is 2.65. The third kappa shape index (κ3) is 16.8. The van der Waals surface area contributed by atoms with Crippen LogP contribution in [0.25, 0.3) is 0 Å². The Morgan fingerprint density at radius 2 is 0.537 bits per heavy atom. The highest BCUT2D eigenvalue weighted by atomic mass is 28.6. The summed E-state index contributed by atoms with van der Waals surface area (Å²) in [5.74, 6) is 0. The highest BCUT2D eigenvalue weighted by molar-refractivity contribution is 6.89. The molecule has 13 heteroatoms. The Hall–Kier alpha value is 1.02. The van der Waals surface area contributed by atoms with E-state index in [4.69, 9.17) is 29.4 Å². The van der Waals surface area contributed by atoms with Crippen molar-refractivity contribution in [2.24, 2.45) is 0 Å². The third-order valence-electron chi connectivity index (χ3n) is 6.70. The van der Waals surface area contributed by atoms with Gasteiger partial charge in [-0.25, -0.2) is 0 Å². The first-order chi connectivity index (χ1) is 18.7. The van der Waals surface area contributed by atoms with Gasteiger partial charge in [0.25, 0.3) is 0 Å². The number of hydrogen-bond donors (Lipinski definition) is 0. The second-order valence-electron chi connectivity index (χ2n) is 16.1. The van der Waals surface area contributed by atoms with Crippen LogP contribution in [-0.2, 0) is 29.4 Å². The number of hydrogen-bond acceptors (Lipinski definition) is 7. The molecule has 0 saturated heterocycles. The Kier molecular flexibility index (Phi) is 14.9. The first kappa shape index (κ1) is 38.2. The summed E-state index contributed by atoms with van der Waals surface area (Å²) in [5.41, 5.74) is 0. The molecule has 244 valence electrons. The molecule has 0 bridgehead atoms. The molecule has 7 nitrogen and oxygen atoms in total. The lowest BCUT2D eigenvalue weighted by Crippen LogP contribution is -2.70. The van der Waals surface area contributed by atoms with Crippen LogP contribution >= 0.6 is 0 Å². The van der Waals surface area contributed by atoms with E-state index >= 15 is 0 Å². The molecule has 0 aromatic rings. The van der Waals surface area contributed by atoms with Crippen LogP contribution in [0.15, 0.2) is 0 Å². The first-order valence-corrected chi connectivity index (χ1v) is 33.5. The van der Waals surface area contributed by atoms with Crippen LogP contribution in [0.2, 0.25) is 78.6 Å². The van der Waals surface area contributed by atoms with Gasteiger partial charge >= 0.3 is 18.1 Å². The first-order valence-electron chi connectivity index (χ1n) is 16.6. The van der Waals surface area contributed by atoms with Crippen LogP contribution in [0.1, 0.15) is 89.9 Å². The molecule has 0 unspecified atom stereocenters. The minimum Gasteiger partial charge on any atom is -0.395 e. The van der Waals surface area contributed by atoms with Crippen molar-refractivity contribution in [1.29, 1.82) is 0 Å². The molecular formula is C28H66O7Si6. The number of rotatable bonds is 14. The van der Waals surface area contributed by atoms with Crippen LogP contribution in [0.4, 0.5) is 0 Å². The van der Waals surface area contributed by atoms with Crippen LogP contribution in [-0.4, -0.2) is 63.6 Å². The Balaban J connectivity index is 2.66. The maximum absolute atomic E-state index is 7.36. The summed E-state index contributed by atoms with van der Waals surface area (Å²) in [5, 5.41) is 0. The average molecular weight is 683 g/mol. The van der Waals surface area contributed by atoms with E-state index in [1.165, 1.54) is 38.5 Å². The molecule has 0 N–H and O–H groups in total. The zero-order valence-electron chi connectivity index (χ0n) is 28.9. The standard InChI is InChI=1S/C28H66O7Si6/c1-36(2,3)31-40(32-37(4,5)6,29-27-23-19-15-13-16-20-24-27)35-41(33-38(7,8)9,34-39(10,11)12)30-28-25-21-17-14-18-22-26-28/h27-28H,13-26H2,1-12H3. The topological polar surface area (TPSA) is 64.6 Å². The maximum Gasteiger partial charge on any atom is 0.652 e. The van der Waals surface area contributed by atoms with E-state index in [2.05, 4.69) is 78.6 Å². The van der Waals surface area contributed by atoms with Gasteiger partial charge in [-0.1, -0.05) is 64.2 Å². The second kappa shape index (κ2) is 16.0. The van der Waals surface area contributed by atoms with Gasteiger partial charge in [-0.3, -0.25) is 0 Å². The smallest absolute Gasteiger partial charge is 0.395 e. The highest BCUT2D eigenvalue weighted by Crippen LogP contribution is 2.36. The normalized spacial score (nSPS) is 20.8. The van der Waals surface area contributed by atoms with Crippen molar-refractivity contribution in [3.8, 4) is 0 Å². The van der Waals surface area contributed by atoms with Crippen molar-refractivity contribution < 1.29 is 29.4 Å². The molecule has 2 aliphatic rings. The van der Waals surface area contributed by atoms with Crippen molar-refractivity contribution in [3.63, 3.8) is 0 Å². The molecule has 0 amide bonds. The molecule has 2 fully saturated rings. The van der Waals surface area contributed by atoms with E-state index in [9.17, 15) is 0 Å². The molecule has 2 rings (SSSR count). The lowest BCUT2D eigenvalue weighted by atomic mass is 9.99. The molecule has 0 spiro atoms. The SMILES string of the molecule is C[Si](C)(C)O[Si](OC1CCCCCCC1)(O[Si](C)(C)C)O[Si](OC1CCCCCCC1)(O[Si](C)(C)C)O[Si](C)(C)C. The quantitative estimate of drug-likeness (QED) is 0.169. The molecule has 0 aliphatic heterocycles. The average Bonchev–Trinajstić information content (AvgIpc) is 2.66. The largest absolute Gasteiger partial charge is 0.652 e. The predicted molar refractivity (Wildman–Crippen MR) is 185 cm³/mol. The Labute approximate surface area is 260 Å². The summed E-state index contributed by atoms with van der Waals surface area (Å²) in [6, 6.07) is 0. The molecule has 41 heavy (non-hydrogen) atoms. The van der Waals surface area contributed by atoms with E-state index in [0.717, 1.165) is 51.4 Å². The third-order valence-corrected chi connectivity index (χ3v) is 23.7. The van der Waals surface area contributed by atoms with Gasteiger partial charge in [0.15, 0.2) is 33.3 Å². The van der Waals surface area contributed by atoms with Crippen molar-refractivity contribution in [3.05, 3.63) is 0 Å². The van der Waals surface area contributed by atoms with Gasteiger partial charge in [-0.15, -0.1) is 0 Å². The molecule has 0 aromatic carbocycles. The van der Waals surface area contributed by atoms with Crippen molar-refractivity contribution in [2.75, 3.05) is 0 Å². The van der Waals surface area contributed by atoms with E-state index in [0.29, 0.717) is 0 Å². The van der Waals surface area contributed by atoms with E-state index < -0.39 is 51.4 Å². The molecule has 2 aliphatic carbocycles. The molecule has 2 saturated carbocycles. The summed E-state index contributed by atoms with van der Waals surface area (Å²) < 4.78 is 49.9. The molecular weight excluding hydrogens is 617 g/mol. The second-order valence-corrected chi connectivity index (χ2v) is 39.6. The van der Waals surface area contributed by atoms with Gasteiger partial charge in [-0.2, -0.15) is 0 Å². The minimum atomic E-state index is -3.78. The zero-order chi connectivity index (χ0) is 31.0. The fourth-order valence-corrected chi connectivity index (χ4v) is 24.3. The molecule has 0 heterocycles. The molecule has 0 atom stereocenters. The fraction of sp³-hybridized carbons (Fsp3) is 1.00. The predicted octanol–water partition coefficient (Wildman–Crippen LogP) is 9.54. The Morgan fingerprint density at radius 1 is 0.317 bits per heavy atom. The van der Waals surface area contributed by atoms with E-state index in [1.807, 2.05) is 0 Å². The van der Waals surface area contributed by atoms with Gasteiger partial charge in [0.05, 0.1) is 12.2 Å². The zero-order valence-corrected chi connectivity index (χ0v) is 34.9. The lowest BCUT2D eigenvalue weighted by Gasteiger charge is -2.46. The Morgan fingerprint density at radius 3 is 0.756 bits per heavy atom. The monoisotopic (exact) mass is 682 g/mol. The molecule has 0 radical (unpaired) electrons. The van der Waals surface area contributed by atoms with Gasteiger partial charge < -0.3 is 29.4 Å². The van der Waals surface area contributed by atoms with Crippen LogP contribution in [0, 0.1) is 0 Å². The van der Waals surface area contributed by atoms with Gasteiger partial charge in [0, 0.05) is 0 Å². The van der Waals surface area contributed by atoms with Crippen LogP contribution < -0.4 is 0 Å². The van der Waals surface area contributed by atoms with Crippen molar-refractivity contribution >= 4 is 51.4 Å². The van der Waals surface area contributed by atoms with Crippen LogP contribution in [0.5, 0.6) is 0 Å². The van der Waals surface area contributed by atoms with Gasteiger partial charge in [0.2, 0.25) is 0 Å². The maximum atomic E-state index is 7.36. The van der Waals surface area contributed by atoms with Gasteiger partial charge in [0.1, 0.15) is 0 Å². The Bertz CT molecular complexity index is 651. The summed E-state index contributed by atoms with van der Waals surface area (Å²) in [4.78, 5) is 0. The molecule has 0 aromatic heterocycles. The fourth-order valence-electron chi connectivity index (χ4n) is 5.40. The summed E-state index contributed by atoms with van der Waals surface area (Å²) in [7, 11) is -16.3. The van der Waals surface area contributed by atoms with Crippen molar-refractivity contribution in [1.82, 2.24) is 0 Å². The van der Waals surface area contributed by atoms with E-state index in [-0.39, 0.29) is 12.2 Å². The summed E-state index contributed by atoms with van der Waals surface area (Å²) in [6.07, 6.45) is 16.4. The lowest BCUT2D eigenvalue weighted by molar-refractivity contribution is -0.0309. The summed E-state index contributed by atoms with van der Waals surface area (Å²) in [6.45, 7) is 26.4.